The van der Waals surface area contributed by atoms with Gasteiger partial charge in [0, 0.05) is 12.1 Å². The molecule has 0 aromatic heterocycles. The average molecular weight is 451 g/mol. The Balaban J connectivity index is 1.53. The van der Waals surface area contributed by atoms with E-state index in [1.165, 1.54) is 18.2 Å². The Hall–Kier alpha value is -2.33. The number of benzene rings is 2. The van der Waals surface area contributed by atoms with Crippen LogP contribution in [0.4, 0.5) is 4.39 Å². The SMILES string of the molecule is Cc1ccc(S(=O)(=O)N[C@@H]2CC[C@H](CC(=O)NCc3ccccc3F)O[C@@H]2CO)cc1. The Kier molecular flexibility index (Phi) is 7.77. The molecular formula is C22H27FN2O5S. The number of aliphatic hydroxyl groups excluding tert-OH is 1. The molecule has 1 fully saturated rings. The van der Waals surface area contributed by atoms with Gasteiger partial charge in [-0.3, -0.25) is 4.79 Å². The number of carbonyl (C=O) groups is 1. The van der Waals surface area contributed by atoms with E-state index in [0.29, 0.717) is 18.4 Å². The van der Waals surface area contributed by atoms with Crippen molar-refractivity contribution in [2.75, 3.05) is 6.61 Å². The first-order valence-electron chi connectivity index (χ1n) is 10.1. The molecule has 3 N–H and O–H groups in total. The summed E-state index contributed by atoms with van der Waals surface area (Å²) in [6.45, 7) is 1.56. The topological polar surface area (TPSA) is 105 Å². The lowest BCUT2D eigenvalue weighted by Crippen LogP contribution is -2.51. The van der Waals surface area contributed by atoms with E-state index in [2.05, 4.69) is 10.0 Å². The van der Waals surface area contributed by atoms with Crippen molar-refractivity contribution in [2.45, 2.75) is 55.9 Å². The lowest BCUT2D eigenvalue weighted by atomic mass is 9.98. The third-order valence-electron chi connectivity index (χ3n) is 5.28. The highest BCUT2D eigenvalue weighted by molar-refractivity contribution is 7.89. The Morgan fingerprint density at radius 3 is 2.55 bits per heavy atom. The van der Waals surface area contributed by atoms with Crippen LogP contribution in [0.15, 0.2) is 53.4 Å². The number of hydrogen-bond acceptors (Lipinski definition) is 5. The second-order valence-corrected chi connectivity index (χ2v) is 9.38. The smallest absolute Gasteiger partial charge is 0.240 e. The van der Waals surface area contributed by atoms with E-state index in [0.717, 1.165) is 5.56 Å². The summed E-state index contributed by atoms with van der Waals surface area (Å²) in [5.74, 6) is -0.690. The highest BCUT2D eigenvalue weighted by atomic mass is 32.2. The summed E-state index contributed by atoms with van der Waals surface area (Å²) >= 11 is 0. The maximum absolute atomic E-state index is 13.7. The van der Waals surface area contributed by atoms with Gasteiger partial charge in [0.2, 0.25) is 15.9 Å². The van der Waals surface area contributed by atoms with E-state index in [1.54, 1.807) is 30.3 Å². The highest BCUT2D eigenvalue weighted by Crippen LogP contribution is 2.24. The predicted octanol–water partition coefficient (Wildman–Crippen LogP) is 2.03. The first-order valence-corrected chi connectivity index (χ1v) is 11.6. The maximum Gasteiger partial charge on any atom is 0.240 e. The Morgan fingerprint density at radius 2 is 1.87 bits per heavy atom. The number of hydrogen-bond donors (Lipinski definition) is 3. The molecule has 31 heavy (non-hydrogen) atoms. The van der Waals surface area contributed by atoms with Crippen molar-refractivity contribution in [1.82, 2.24) is 10.0 Å². The van der Waals surface area contributed by atoms with Crippen LogP contribution in [0, 0.1) is 12.7 Å². The van der Waals surface area contributed by atoms with E-state index < -0.39 is 28.3 Å². The van der Waals surface area contributed by atoms with Crippen molar-refractivity contribution >= 4 is 15.9 Å². The number of halogens is 1. The standard InChI is InChI=1S/C22H27FN2O5S/c1-15-6-9-18(10-7-15)31(28,29)25-20-11-8-17(30-21(20)14-26)12-22(27)24-13-16-4-2-3-5-19(16)23/h2-7,9-10,17,20-21,25-26H,8,11-14H2,1H3,(H,24,27)/t17-,20-,21-/m1/s1. The van der Waals surface area contributed by atoms with E-state index in [-0.39, 0.29) is 36.2 Å². The van der Waals surface area contributed by atoms with Gasteiger partial charge < -0.3 is 15.2 Å². The molecule has 9 heteroatoms. The number of amides is 1. The van der Waals surface area contributed by atoms with Gasteiger partial charge in [-0.05, 0) is 38.0 Å². The molecule has 2 aromatic carbocycles. The van der Waals surface area contributed by atoms with Crippen molar-refractivity contribution in [3.05, 3.63) is 65.5 Å². The van der Waals surface area contributed by atoms with Crippen molar-refractivity contribution in [3.63, 3.8) is 0 Å². The Bertz CT molecular complexity index is 997. The van der Waals surface area contributed by atoms with Crippen molar-refractivity contribution in [1.29, 1.82) is 0 Å². The van der Waals surface area contributed by atoms with Crippen LogP contribution in [0.1, 0.15) is 30.4 Å². The summed E-state index contributed by atoms with van der Waals surface area (Å²) < 4.78 is 47.3. The van der Waals surface area contributed by atoms with Gasteiger partial charge in [0.15, 0.2) is 0 Å². The lowest BCUT2D eigenvalue weighted by Gasteiger charge is -2.35. The van der Waals surface area contributed by atoms with Crippen LogP contribution in [0.3, 0.4) is 0 Å². The summed E-state index contributed by atoms with van der Waals surface area (Å²) in [4.78, 5) is 12.4. The number of sulfonamides is 1. The molecule has 7 nitrogen and oxygen atoms in total. The normalized spacial score (nSPS) is 21.6. The van der Waals surface area contributed by atoms with Gasteiger partial charge in [-0.25, -0.2) is 17.5 Å². The number of ether oxygens (including phenoxy) is 1. The zero-order valence-corrected chi connectivity index (χ0v) is 18.1. The molecule has 0 aliphatic carbocycles. The highest BCUT2D eigenvalue weighted by Gasteiger charge is 2.34. The van der Waals surface area contributed by atoms with Crippen LogP contribution in [-0.2, 0) is 26.1 Å². The number of rotatable bonds is 8. The molecule has 1 saturated heterocycles. The fraction of sp³-hybridized carbons (Fsp3) is 0.409. The van der Waals surface area contributed by atoms with Crippen LogP contribution in [0.2, 0.25) is 0 Å². The second-order valence-electron chi connectivity index (χ2n) is 7.67. The van der Waals surface area contributed by atoms with Crippen molar-refractivity contribution < 1.29 is 27.4 Å². The lowest BCUT2D eigenvalue weighted by molar-refractivity contribution is -0.130. The molecule has 3 rings (SSSR count). The summed E-state index contributed by atoms with van der Waals surface area (Å²) in [6.07, 6.45) is -0.314. The third-order valence-corrected chi connectivity index (χ3v) is 6.79. The monoisotopic (exact) mass is 450 g/mol. The minimum absolute atomic E-state index is 0.0440. The van der Waals surface area contributed by atoms with E-state index >= 15 is 0 Å². The van der Waals surface area contributed by atoms with Crippen LogP contribution in [0.25, 0.3) is 0 Å². The molecule has 0 saturated carbocycles. The molecule has 1 amide bonds. The molecule has 1 aliphatic rings. The van der Waals surface area contributed by atoms with Crippen molar-refractivity contribution in [3.8, 4) is 0 Å². The third kappa shape index (κ3) is 6.33. The summed E-state index contributed by atoms with van der Waals surface area (Å²) in [6, 6.07) is 12.1. The minimum Gasteiger partial charge on any atom is -0.394 e. The molecule has 0 unspecified atom stereocenters. The minimum atomic E-state index is -3.76. The number of nitrogens with one attached hydrogen (secondary N) is 2. The number of carbonyl (C=O) groups excluding carboxylic acids is 1. The van der Waals surface area contributed by atoms with Crippen LogP contribution in [0.5, 0.6) is 0 Å². The number of aryl methyl sites for hydroxylation is 1. The van der Waals surface area contributed by atoms with Gasteiger partial charge in [-0.1, -0.05) is 35.9 Å². The first-order chi connectivity index (χ1) is 14.8. The first kappa shape index (κ1) is 23.3. The van der Waals surface area contributed by atoms with Gasteiger partial charge in [0.1, 0.15) is 5.82 Å². The maximum atomic E-state index is 13.7. The van der Waals surface area contributed by atoms with Gasteiger partial charge >= 0.3 is 0 Å². The number of aliphatic hydroxyl groups is 1. The zero-order valence-electron chi connectivity index (χ0n) is 17.3. The van der Waals surface area contributed by atoms with Gasteiger partial charge in [-0.15, -0.1) is 0 Å². The van der Waals surface area contributed by atoms with Gasteiger partial charge in [-0.2, -0.15) is 0 Å². The molecular weight excluding hydrogens is 423 g/mol. The fourth-order valence-electron chi connectivity index (χ4n) is 3.52. The fourth-order valence-corrected chi connectivity index (χ4v) is 4.81. The molecule has 0 radical (unpaired) electrons. The Labute approximate surface area is 181 Å². The second kappa shape index (κ2) is 10.3. The molecule has 2 aromatic rings. The molecule has 3 atom stereocenters. The molecule has 0 spiro atoms. The predicted molar refractivity (Wildman–Crippen MR) is 113 cm³/mol. The quantitative estimate of drug-likeness (QED) is 0.571. The van der Waals surface area contributed by atoms with Crippen LogP contribution < -0.4 is 10.0 Å². The van der Waals surface area contributed by atoms with Crippen LogP contribution >= 0.6 is 0 Å². The summed E-state index contributed by atoms with van der Waals surface area (Å²) in [5, 5.41) is 12.4. The van der Waals surface area contributed by atoms with E-state index in [9.17, 15) is 22.7 Å². The molecule has 0 bridgehead atoms. The largest absolute Gasteiger partial charge is 0.394 e. The van der Waals surface area contributed by atoms with Crippen LogP contribution in [-0.4, -0.2) is 44.3 Å². The zero-order chi connectivity index (χ0) is 22.4. The van der Waals surface area contributed by atoms with Gasteiger partial charge in [0.05, 0.1) is 36.2 Å². The Morgan fingerprint density at radius 1 is 1.16 bits per heavy atom. The van der Waals surface area contributed by atoms with E-state index in [1.807, 2.05) is 6.92 Å². The van der Waals surface area contributed by atoms with E-state index in [4.69, 9.17) is 4.74 Å². The van der Waals surface area contributed by atoms with Crippen molar-refractivity contribution in [2.24, 2.45) is 0 Å². The summed E-state index contributed by atoms with van der Waals surface area (Å²) in [5.41, 5.74) is 1.34. The molecule has 1 aliphatic heterocycles. The van der Waals surface area contributed by atoms with Gasteiger partial charge in [0.25, 0.3) is 0 Å². The molecule has 168 valence electrons. The summed E-state index contributed by atoms with van der Waals surface area (Å²) in [7, 11) is -3.76. The molecule has 1 heterocycles. The average Bonchev–Trinajstić information content (AvgIpc) is 2.74.